The van der Waals surface area contributed by atoms with E-state index in [0.29, 0.717) is 6.04 Å². The molecule has 3 N–H and O–H groups in total. The Balaban J connectivity index is 1.59. The summed E-state index contributed by atoms with van der Waals surface area (Å²) in [5.41, 5.74) is 7.98. The van der Waals surface area contributed by atoms with Gasteiger partial charge in [0.05, 0.1) is 24.2 Å². The number of nitrogens with one attached hydrogen (secondary N) is 1. The predicted octanol–water partition coefficient (Wildman–Crippen LogP) is 0.656. The number of aryl methyl sites for hydroxylation is 1. The molecule has 136 valence electrons. The molecule has 1 aliphatic heterocycles. The van der Waals surface area contributed by atoms with Crippen molar-refractivity contribution < 1.29 is 8.42 Å². The molecule has 8 heteroatoms. The zero-order valence-electron chi connectivity index (χ0n) is 14.4. The van der Waals surface area contributed by atoms with Gasteiger partial charge in [-0.15, -0.1) is 0 Å². The Morgan fingerprint density at radius 3 is 2.75 bits per heavy atom. The second-order valence-electron chi connectivity index (χ2n) is 7.31. The first-order chi connectivity index (χ1) is 11.4. The number of hydrogen-bond acceptors (Lipinski definition) is 5. The summed E-state index contributed by atoms with van der Waals surface area (Å²) in [5, 5.41) is 4.55. The molecule has 1 aliphatic carbocycles. The minimum absolute atomic E-state index is 0.263. The molecule has 0 saturated heterocycles. The van der Waals surface area contributed by atoms with Crippen LogP contribution in [0.4, 0.5) is 0 Å². The summed E-state index contributed by atoms with van der Waals surface area (Å²) in [6, 6.07) is 2.43. The van der Waals surface area contributed by atoms with E-state index in [2.05, 4.69) is 14.7 Å². The first kappa shape index (κ1) is 17.8. The van der Waals surface area contributed by atoms with Crippen LogP contribution in [0.2, 0.25) is 0 Å². The van der Waals surface area contributed by atoms with Gasteiger partial charge < -0.3 is 5.73 Å². The molecule has 1 aromatic heterocycles. The molecular weight excluding hydrogens is 326 g/mol. The van der Waals surface area contributed by atoms with Crippen LogP contribution < -0.4 is 10.5 Å². The van der Waals surface area contributed by atoms with Crippen LogP contribution in [0.1, 0.15) is 43.5 Å². The van der Waals surface area contributed by atoms with Gasteiger partial charge in [-0.2, -0.15) is 5.10 Å². The fourth-order valence-electron chi connectivity index (χ4n) is 3.77. The zero-order chi connectivity index (χ0) is 17.2. The molecule has 2 heterocycles. The van der Waals surface area contributed by atoms with Crippen LogP contribution in [0.3, 0.4) is 0 Å². The molecule has 0 radical (unpaired) electrons. The van der Waals surface area contributed by atoms with Crippen LogP contribution >= 0.6 is 0 Å². The van der Waals surface area contributed by atoms with Crippen LogP contribution in [0.5, 0.6) is 0 Å². The third-order valence-corrected chi connectivity index (χ3v) is 5.74. The first-order valence-electron chi connectivity index (χ1n) is 8.87. The van der Waals surface area contributed by atoms with Crippen LogP contribution in [-0.4, -0.2) is 48.5 Å². The van der Waals surface area contributed by atoms with Crippen LogP contribution in [0.15, 0.2) is 6.07 Å². The van der Waals surface area contributed by atoms with Gasteiger partial charge in [0.15, 0.2) is 0 Å². The molecule has 0 unspecified atom stereocenters. The Bertz CT molecular complexity index is 649. The molecule has 0 aromatic carbocycles. The summed E-state index contributed by atoms with van der Waals surface area (Å²) >= 11 is 0. The Hall–Kier alpha value is -0.960. The van der Waals surface area contributed by atoms with Crippen molar-refractivity contribution in [3.8, 4) is 0 Å². The van der Waals surface area contributed by atoms with Gasteiger partial charge in [-0.05, 0) is 44.1 Å². The fourth-order valence-corrected chi connectivity index (χ4v) is 4.18. The van der Waals surface area contributed by atoms with E-state index in [9.17, 15) is 8.42 Å². The summed E-state index contributed by atoms with van der Waals surface area (Å²) in [4.78, 5) is 2.52. The van der Waals surface area contributed by atoms with E-state index in [4.69, 9.17) is 5.73 Å². The molecular formula is C16H29N5O2S. The molecule has 1 saturated carbocycles. The van der Waals surface area contributed by atoms with Crippen LogP contribution in [0.25, 0.3) is 0 Å². The highest BCUT2D eigenvalue weighted by atomic mass is 32.2. The standard InChI is InChI=1S/C16H29N5O2S/c1-24(22,23)18-10-15-9-16-12-20(7-2-8-21(16)19-15)11-13-3-5-14(17)6-4-13/h9,13-14,18H,2-8,10-12,17H2,1H3. The minimum Gasteiger partial charge on any atom is -0.328 e. The maximum atomic E-state index is 11.2. The van der Waals surface area contributed by atoms with Crippen molar-refractivity contribution in [2.45, 2.75) is 57.8 Å². The quantitative estimate of drug-likeness (QED) is 0.809. The van der Waals surface area contributed by atoms with Gasteiger partial charge in [-0.1, -0.05) is 0 Å². The van der Waals surface area contributed by atoms with Gasteiger partial charge in [-0.25, -0.2) is 13.1 Å². The highest BCUT2D eigenvalue weighted by Crippen LogP contribution is 2.25. The smallest absolute Gasteiger partial charge is 0.209 e. The number of rotatable bonds is 5. The highest BCUT2D eigenvalue weighted by Gasteiger charge is 2.23. The number of nitrogens with two attached hydrogens (primary N) is 1. The van der Waals surface area contributed by atoms with E-state index in [1.54, 1.807) is 0 Å². The zero-order valence-corrected chi connectivity index (χ0v) is 15.3. The SMILES string of the molecule is CS(=O)(=O)NCc1cc2n(n1)CCCN(CC1CCC(N)CC1)C2. The maximum absolute atomic E-state index is 11.2. The van der Waals surface area contributed by atoms with E-state index in [1.165, 1.54) is 24.8 Å². The second kappa shape index (κ2) is 7.51. The maximum Gasteiger partial charge on any atom is 0.209 e. The molecule has 24 heavy (non-hydrogen) atoms. The lowest BCUT2D eigenvalue weighted by molar-refractivity contribution is 0.190. The normalized spacial score (nSPS) is 26.1. The number of aromatic nitrogens is 2. The summed E-state index contributed by atoms with van der Waals surface area (Å²) < 4.78 is 27.0. The van der Waals surface area contributed by atoms with E-state index >= 15 is 0 Å². The topological polar surface area (TPSA) is 93.2 Å². The van der Waals surface area contributed by atoms with Crippen molar-refractivity contribution in [2.75, 3.05) is 19.3 Å². The second-order valence-corrected chi connectivity index (χ2v) is 9.15. The third-order valence-electron chi connectivity index (χ3n) is 5.07. The lowest BCUT2D eigenvalue weighted by atomic mass is 9.86. The molecule has 0 bridgehead atoms. The molecule has 0 atom stereocenters. The van der Waals surface area contributed by atoms with Gasteiger partial charge in [0.1, 0.15) is 0 Å². The lowest BCUT2D eigenvalue weighted by Gasteiger charge is -2.30. The number of nitrogens with zero attached hydrogens (tertiary/aromatic N) is 3. The van der Waals surface area contributed by atoms with Crippen molar-refractivity contribution in [3.63, 3.8) is 0 Å². The van der Waals surface area contributed by atoms with Crippen molar-refractivity contribution in [2.24, 2.45) is 11.7 Å². The molecule has 1 aromatic rings. The molecule has 0 amide bonds. The summed E-state index contributed by atoms with van der Waals surface area (Å²) in [6.07, 6.45) is 7.03. The monoisotopic (exact) mass is 355 g/mol. The molecule has 1 fully saturated rings. The Labute approximate surface area is 144 Å². The molecule has 2 aliphatic rings. The third kappa shape index (κ3) is 5.02. The van der Waals surface area contributed by atoms with E-state index in [0.717, 1.165) is 57.1 Å². The van der Waals surface area contributed by atoms with Crippen molar-refractivity contribution in [3.05, 3.63) is 17.5 Å². The number of fused-ring (bicyclic) bond motifs is 1. The van der Waals surface area contributed by atoms with E-state index in [-0.39, 0.29) is 6.54 Å². The molecule has 7 nitrogen and oxygen atoms in total. The largest absolute Gasteiger partial charge is 0.328 e. The average molecular weight is 356 g/mol. The van der Waals surface area contributed by atoms with Gasteiger partial charge in [0.25, 0.3) is 0 Å². The Morgan fingerprint density at radius 2 is 2.04 bits per heavy atom. The predicted molar refractivity (Wildman–Crippen MR) is 93.7 cm³/mol. The number of sulfonamides is 1. The fraction of sp³-hybridized carbons (Fsp3) is 0.812. The summed E-state index contributed by atoms with van der Waals surface area (Å²) in [5.74, 6) is 0.755. The molecule has 0 spiro atoms. The Morgan fingerprint density at radius 1 is 1.29 bits per heavy atom. The van der Waals surface area contributed by atoms with Gasteiger partial charge >= 0.3 is 0 Å². The van der Waals surface area contributed by atoms with Crippen molar-refractivity contribution in [1.82, 2.24) is 19.4 Å². The van der Waals surface area contributed by atoms with E-state index in [1.807, 2.05) is 10.7 Å². The van der Waals surface area contributed by atoms with Crippen molar-refractivity contribution in [1.29, 1.82) is 0 Å². The average Bonchev–Trinajstić information content (AvgIpc) is 2.79. The van der Waals surface area contributed by atoms with Crippen LogP contribution in [0, 0.1) is 5.92 Å². The van der Waals surface area contributed by atoms with Gasteiger partial charge in [0.2, 0.25) is 10.0 Å². The van der Waals surface area contributed by atoms with Gasteiger partial charge in [-0.3, -0.25) is 9.58 Å². The summed E-state index contributed by atoms with van der Waals surface area (Å²) in [7, 11) is -3.19. The van der Waals surface area contributed by atoms with Crippen LogP contribution in [-0.2, 0) is 29.7 Å². The number of hydrogen-bond donors (Lipinski definition) is 2. The molecule has 3 rings (SSSR count). The van der Waals surface area contributed by atoms with E-state index < -0.39 is 10.0 Å². The summed E-state index contributed by atoms with van der Waals surface area (Å²) in [6.45, 7) is 4.30. The Kier molecular flexibility index (Phi) is 5.59. The van der Waals surface area contributed by atoms with Crippen molar-refractivity contribution >= 4 is 10.0 Å². The highest BCUT2D eigenvalue weighted by molar-refractivity contribution is 7.88. The van der Waals surface area contributed by atoms with Gasteiger partial charge in [0, 0.05) is 32.2 Å². The first-order valence-corrected chi connectivity index (χ1v) is 10.8. The lowest BCUT2D eigenvalue weighted by Crippen LogP contribution is -2.34. The minimum atomic E-state index is -3.19.